The standard InChI is InChI=1S/C60H40N2/c1-5-13-41(14-6-1)45-21-29-49(30-22-45)55-39-57(51-33-25-47(26-34-51)43-17-9-3-10-18-43)61-59-53(55)37-38-54-56(50-31-23-46(24-32-50)42-15-7-2-8-16-42)40-58(62-60(54)59)52-35-27-48(28-36-52)44-19-11-4-12-20-44/h1-40H. The van der Waals surface area contributed by atoms with Gasteiger partial charge in [-0.05, 0) is 78.9 Å². The van der Waals surface area contributed by atoms with E-state index in [4.69, 9.17) is 9.97 Å². The summed E-state index contributed by atoms with van der Waals surface area (Å²) in [6.07, 6.45) is 0. The van der Waals surface area contributed by atoms with Gasteiger partial charge in [0, 0.05) is 21.9 Å². The predicted molar refractivity (Wildman–Crippen MR) is 261 cm³/mol. The second-order valence-electron chi connectivity index (χ2n) is 15.7. The van der Waals surface area contributed by atoms with Gasteiger partial charge in [-0.25, -0.2) is 9.97 Å². The quantitative estimate of drug-likeness (QED) is 0.143. The molecule has 0 bridgehead atoms. The lowest BCUT2D eigenvalue weighted by atomic mass is 9.92. The first-order chi connectivity index (χ1) is 30.7. The molecule has 62 heavy (non-hydrogen) atoms. The van der Waals surface area contributed by atoms with Crippen LogP contribution >= 0.6 is 0 Å². The Labute approximate surface area is 362 Å². The van der Waals surface area contributed by atoms with Gasteiger partial charge in [0.25, 0.3) is 0 Å². The molecule has 0 aliphatic heterocycles. The van der Waals surface area contributed by atoms with Crippen molar-refractivity contribution >= 4 is 21.8 Å². The zero-order valence-corrected chi connectivity index (χ0v) is 34.0. The molecule has 2 heterocycles. The Morgan fingerprint density at radius 2 is 0.419 bits per heavy atom. The van der Waals surface area contributed by atoms with E-state index in [-0.39, 0.29) is 0 Å². The molecule has 0 saturated carbocycles. The molecular weight excluding hydrogens is 749 g/mol. The van der Waals surface area contributed by atoms with Crippen molar-refractivity contribution in [3.63, 3.8) is 0 Å². The maximum Gasteiger partial charge on any atom is 0.0978 e. The summed E-state index contributed by atoms with van der Waals surface area (Å²) >= 11 is 0. The van der Waals surface area contributed by atoms with E-state index in [1.165, 1.54) is 44.5 Å². The molecule has 11 rings (SSSR count). The smallest absolute Gasteiger partial charge is 0.0978 e. The van der Waals surface area contributed by atoms with Crippen LogP contribution in [0.15, 0.2) is 243 Å². The summed E-state index contributed by atoms with van der Waals surface area (Å²) in [5.41, 5.74) is 19.6. The molecule has 0 aliphatic carbocycles. The van der Waals surface area contributed by atoms with Crippen molar-refractivity contribution in [1.82, 2.24) is 9.97 Å². The van der Waals surface area contributed by atoms with Crippen molar-refractivity contribution in [2.45, 2.75) is 0 Å². The van der Waals surface area contributed by atoms with Crippen molar-refractivity contribution in [2.24, 2.45) is 0 Å². The first-order valence-corrected chi connectivity index (χ1v) is 21.1. The van der Waals surface area contributed by atoms with Crippen LogP contribution in [-0.2, 0) is 0 Å². The van der Waals surface area contributed by atoms with Gasteiger partial charge < -0.3 is 0 Å². The molecule has 0 atom stereocenters. The van der Waals surface area contributed by atoms with Crippen LogP contribution in [0.1, 0.15) is 0 Å². The Balaban J connectivity index is 1.12. The molecule has 0 unspecified atom stereocenters. The van der Waals surface area contributed by atoms with Crippen LogP contribution in [0.2, 0.25) is 0 Å². The first-order valence-electron chi connectivity index (χ1n) is 21.1. The summed E-state index contributed by atoms with van der Waals surface area (Å²) in [5.74, 6) is 0. The third-order valence-electron chi connectivity index (χ3n) is 11.9. The normalized spacial score (nSPS) is 11.2. The van der Waals surface area contributed by atoms with Crippen molar-refractivity contribution in [3.05, 3.63) is 243 Å². The number of hydrogen-bond donors (Lipinski definition) is 0. The topological polar surface area (TPSA) is 25.8 Å². The largest absolute Gasteiger partial charge is 0.245 e. The number of fused-ring (bicyclic) bond motifs is 3. The van der Waals surface area contributed by atoms with Gasteiger partial charge in [0.2, 0.25) is 0 Å². The molecule has 2 nitrogen and oxygen atoms in total. The van der Waals surface area contributed by atoms with Crippen molar-refractivity contribution in [1.29, 1.82) is 0 Å². The Morgan fingerprint density at radius 1 is 0.194 bits per heavy atom. The van der Waals surface area contributed by atoms with E-state index in [2.05, 4.69) is 243 Å². The second kappa shape index (κ2) is 16.1. The van der Waals surface area contributed by atoms with Crippen molar-refractivity contribution in [3.8, 4) is 89.3 Å². The van der Waals surface area contributed by atoms with Gasteiger partial charge in [0.05, 0.1) is 22.4 Å². The van der Waals surface area contributed by atoms with Gasteiger partial charge in [-0.1, -0.05) is 231 Å². The van der Waals surface area contributed by atoms with Crippen LogP contribution in [0.3, 0.4) is 0 Å². The summed E-state index contributed by atoms with van der Waals surface area (Å²) in [4.78, 5) is 11.1. The van der Waals surface area contributed by atoms with E-state index in [9.17, 15) is 0 Å². The zero-order chi connectivity index (χ0) is 41.2. The van der Waals surface area contributed by atoms with E-state index in [0.717, 1.165) is 66.6 Å². The van der Waals surface area contributed by atoms with Crippen LogP contribution in [-0.4, -0.2) is 9.97 Å². The fourth-order valence-corrected chi connectivity index (χ4v) is 8.62. The summed E-state index contributed by atoms with van der Waals surface area (Å²) in [6, 6.07) is 86.5. The lowest BCUT2D eigenvalue weighted by Crippen LogP contribution is -1.96. The second-order valence-corrected chi connectivity index (χ2v) is 15.7. The number of aromatic nitrogens is 2. The molecule has 0 saturated heterocycles. The number of rotatable bonds is 8. The molecule has 0 radical (unpaired) electrons. The third kappa shape index (κ3) is 7.14. The molecular formula is C60H40N2. The molecule has 290 valence electrons. The molecule has 0 N–H and O–H groups in total. The molecule has 0 fully saturated rings. The van der Waals surface area contributed by atoms with Gasteiger partial charge in [-0.3, -0.25) is 0 Å². The first kappa shape index (κ1) is 36.8. The van der Waals surface area contributed by atoms with Crippen LogP contribution in [0.25, 0.3) is 111 Å². The zero-order valence-electron chi connectivity index (χ0n) is 34.0. The fraction of sp³-hybridized carbons (Fsp3) is 0. The SMILES string of the molecule is c1ccc(-c2ccc(-c3cc(-c4ccc(-c5ccccc5)cc4)c4ccc5c(-c6ccc(-c7ccccc7)cc6)cc(-c6ccc(-c7ccccc7)cc6)nc5c4n3)cc2)cc1. The Morgan fingerprint density at radius 3 is 0.694 bits per heavy atom. The minimum atomic E-state index is 0.874. The highest BCUT2D eigenvalue weighted by Gasteiger charge is 2.18. The molecule has 2 aromatic heterocycles. The Hall–Kier alpha value is -8.20. The summed E-state index contributed by atoms with van der Waals surface area (Å²) < 4.78 is 0. The van der Waals surface area contributed by atoms with E-state index >= 15 is 0 Å². The maximum atomic E-state index is 5.54. The Kier molecular flexibility index (Phi) is 9.57. The lowest BCUT2D eigenvalue weighted by Gasteiger charge is -2.16. The number of nitrogens with zero attached hydrogens (tertiary/aromatic N) is 2. The Bertz CT molecular complexity index is 3080. The van der Waals surface area contributed by atoms with E-state index < -0.39 is 0 Å². The monoisotopic (exact) mass is 788 g/mol. The highest BCUT2D eigenvalue weighted by atomic mass is 14.8. The van der Waals surface area contributed by atoms with Crippen LogP contribution in [0, 0.1) is 0 Å². The van der Waals surface area contributed by atoms with Gasteiger partial charge in [0.15, 0.2) is 0 Å². The van der Waals surface area contributed by atoms with E-state index in [1.54, 1.807) is 0 Å². The minimum Gasteiger partial charge on any atom is -0.245 e. The van der Waals surface area contributed by atoms with Gasteiger partial charge in [-0.2, -0.15) is 0 Å². The van der Waals surface area contributed by atoms with Crippen LogP contribution in [0.4, 0.5) is 0 Å². The maximum absolute atomic E-state index is 5.54. The van der Waals surface area contributed by atoms with Gasteiger partial charge in [-0.15, -0.1) is 0 Å². The number of hydrogen-bond acceptors (Lipinski definition) is 2. The minimum absolute atomic E-state index is 0.874. The average molecular weight is 789 g/mol. The van der Waals surface area contributed by atoms with Crippen LogP contribution in [0.5, 0.6) is 0 Å². The van der Waals surface area contributed by atoms with Gasteiger partial charge in [0.1, 0.15) is 0 Å². The van der Waals surface area contributed by atoms with Crippen LogP contribution < -0.4 is 0 Å². The highest BCUT2D eigenvalue weighted by molar-refractivity contribution is 6.13. The number of pyridine rings is 2. The summed E-state index contributed by atoms with van der Waals surface area (Å²) in [7, 11) is 0. The molecule has 0 aliphatic rings. The molecule has 0 spiro atoms. The number of benzene rings is 9. The average Bonchev–Trinajstić information content (AvgIpc) is 3.37. The fourth-order valence-electron chi connectivity index (χ4n) is 8.62. The summed E-state index contributed by atoms with van der Waals surface area (Å²) in [5, 5.41) is 2.12. The third-order valence-corrected chi connectivity index (χ3v) is 11.9. The van der Waals surface area contributed by atoms with E-state index in [1.807, 2.05) is 0 Å². The molecule has 9 aromatic carbocycles. The predicted octanol–water partition coefficient (Wildman–Crippen LogP) is 16.1. The lowest BCUT2D eigenvalue weighted by molar-refractivity contribution is 1.36. The molecule has 0 amide bonds. The van der Waals surface area contributed by atoms with E-state index in [0.29, 0.717) is 0 Å². The van der Waals surface area contributed by atoms with Crippen molar-refractivity contribution < 1.29 is 0 Å². The molecule has 11 aromatic rings. The highest BCUT2D eigenvalue weighted by Crippen LogP contribution is 2.41. The van der Waals surface area contributed by atoms with Gasteiger partial charge >= 0.3 is 0 Å². The molecule has 2 heteroatoms. The summed E-state index contributed by atoms with van der Waals surface area (Å²) in [6.45, 7) is 0. The van der Waals surface area contributed by atoms with Crippen molar-refractivity contribution in [2.75, 3.05) is 0 Å².